The van der Waals surface area contributed by atoms with Crippen molar-refractivity contribution in [3.8, 4) is 6.07 Å². The van der Waals surface area contributed by atoms with Crippen molar-refractivity contribution in [1.82, 2.24) is 9.21 Å². The molecule has 0 radical (unpaired) electrons. The molecular weight excluding hydrogens is 378 g/mol. The Bertz CT molecular complexity index is 961. The number of rotatable bonds is 5. The van der Waals surface area contributed by atoms with Crippen molar-refractivity contribution in [2.75, 3.05) is 33.3 Å². The Morgan fingerprint density at radius 3 is 2.18 bits per heavy atom. The van der Waals surface area contributed by atoms with Gasteiger partial charge in [-0.05, 0) is 29.8 Å². The Morgan fingerprint density at radius 2 is 1.64 bits per heavy atom. The molecule has 28 heavy (non-hydrogen) atoms. The van der Waals surface area contributed by atoms with Crippen LogP contribution in [0, 0.1) is 11.3 Å². The van der Waals surface area contributed by atoms with Gasteiger partial charge in [-0.3, -0.25) is 4.90 Å². The second-order valence-electron chi connectivity index (χ2n) is 6.40. The van der Waals surface area contributed by atoms with Gasteiger partial charge in [0.05, 0.1) is 23.6 Å². The van der Waals surface area contributed by atoms with Crippen LogP contribution in [0.15, 0.2) is 59.5 Å². The number of carbonyl (C=O) groups is 1. The number of methoxy groups -OCH3 is 1. The van der Waals surface area contributed by atoms with Crippen molar-refractivity contribution in [2.24, 2.45) is 0 Å². The van der Waals surface area contributed by atoms with Crippen LogP contribution in [0.5, 0.6) is 0 Å². The smallest absolute Gasteiger partial charge is 0.337 e. The molecule has 2 aromatic carbocycles. The average molecular weight is 399 g/mol. The van der Waals surface area contributed by atoms with Gasteiger partial charge in [-0.2, -0.15) is 9.57 Å². The molecule has 0 N–H and O–H groups in total. The first-order valence-corrected chi connectivity index (χ1v) is 10.3. The van der Waals surface area contributed by atoms with Gasteiger partial charge in [0, 0.05) is 26.2 Å². The van der Waals surface area contributed by atoms with Gasteiger partial charge in [-0.1, -0.05) is 30.3 Å². The Hall–Kier alpha value is -2.73. The normalized spacial score (nSPS) is 16.9. The molecule has 0 unspecified atom stereocenters. The molecule has 2 aromatic rings. The third-order valence-corrected chi connectivity index (χ3v) is 6.70. The fourth-order valence-corrected chi connectivity index (χ4v) is 4.66. The average Bonchev–Trinajstić information content (AvgIpc) is 2.75. The fourth-order valence-electron chi connectivity index (χ4n) is 3.23. The number of hydrogen-bond donors (Lipinski definition) is 0. The summed E-state index contributed by atoms with van der Waals surface area (Å²) in [6.07, 6.45) is 0. The highest BCUT2D eigenvalue weighted by Gasteiger charge is 2.31. The molecule has 146 valence electrons. The zero-order valence-electron chi connectivity index (χ0n) is 15.5. The summed E-state index contributed by atoms with van der Waals surface area (Å²) < 4.78 is 31.8. The van der Waals surface area contributed by atoms with Crippen LogP contribution in [-0.2, 0) is 14.8 Å². The minimum Gasteiger partial charge on any atom is -0.465 e. The Balaban J connectivity index is 1.70. The first-order valence-electron chi connectivity index (χ1n) is 8.84. The fraction of sp³-hybridized carbons (Fsp3) is 0.300. The van der Waals surface area contributed by atoms with E-state index >= 15 is 0 Å². The highest BCUT2D eigenvalue weighted by atomic mass is 32.2. The molecule has 1 aliphatic rings. The predicted octanol–water partition coefficient (Wildman–Crippen LogP) is 2.04. The zero-order chi connectivity index (χ0) is 20.1. The molecule has 1 heterocycles. The van der Waals surface area contributed by atoms with Crippen molar-refractivity contribution in [3.63, 3.8) is 0 Å². The maximum atomic E-state index is 12.9. The molecule has 0 bridgehead atoms. The topological polar surface area (TPSA) is 90.7 Å². The number of nitrogens with zero attached hydrogens (tertiary/aromatic N) is 3. The van der Waals surface area contributed by atoms with Crippen LogP contribution in [0.2, 0.25) is 0 Å². The quantitative estimate of drug-likeness (QED) is 0.715. The summed E-state index contributed by atoms with van der Waals surface area (Å²) in [5.41, 5.74) is 1.20. The van der Waals surface area contributed by atoms with Crippen LogP contribution < -0.4 is 0 Å². The summed E-state index contributed by atoms with van der Waals surface area (Å²) in [5.74, 6) is -0.513. The van der Waals surface area contributed by atoms with Crippen molar-refractivity contribution in [2.45, 2.75) is 10.9 Å². The Kier molecular flexibility index (Phi) is 6.09. The lowest BCUT2D eigenvalue weighted by molar-refractivity contribution is 0.0600. The third kappa shape index (κ3) is 4.07. The molecule has 0 saturated carbocycles. The molecule has 0 amide bonds. The monoisotopic (exact) mass is 399 g/mol. The van der Waals surface area contributed by atoms with Gasteiger partial charge in [-0.25, -0.2) is 13.2 Å². The van der Waals surface area contributed by atoms with Gasteiger partial charge in [0.2, 0.25) is 10.0 Å². The van der Waals surface area contributed by atoms with E-state index in [-0.39, 0.29) is 4.90 Å². The van der Waals surface area contributed by atoms with Crippen molar-refractivity contribution in [1.29, 1.82) is 5.26 Å². The minimum atomic E-state index is -3.66. The van der Waals surface area contributed by atoms with Crippen LogP contribution in [-0.4, -0.2) is 56.9 Å². The summed E-state index contributed by atoms with van der Waals surface area (Å²) in [7, 11) is -2.39. The van der Waals surface area contributed by atoms with E-state index in [1.165, 1.54) is 35.7 Å². The molecule has 1 aliphatic heterocycles. The minimum absolute atomic E-state index is 0.133. The van der Waals surface area contributed by atoms with Crippen LogP contribution in [0.3, 0.4) is 0 Å². The number of benzene rings is 2. The largest absolute Gasteiger partial charge is 0.465 e. The van der Waals surface area contributed by atoms with Gasteiger partial charge < -0.3 is 4.74 Å². The number of nitriles is 1. The molecule has 0 aromatic heterocycles. The summed E-state index contributed by atoms with van der Waals surface area (Å²) in [5, 5.41) is 9.57. The van der Waals surface area contributed by atoms with Crippen LogP contribution in [0.1, 0.15) is 22.0 Å². The molecule has 1 saturated heterocycles. The molecule has 0 aliphatic carbocycles. The first-order chi connectivity index (χ1) is 13.5. The second kappa shape index (κ2) is 8.52. The zero-order valence-corrected chi connectivity index (χ0v) is 16.3. The van der Waals surface area contributed by atoms with Gasteiger partial charge >= 0.3 is 5.97 Å². The molecule has 3 rings (SSSR count). The summed E-state index contributed by atoms with van der Waals surface area (Å²) in [4.78, 5) is 13.6. The van der Waals surface area contributed by atoms with Crippen molar-refractivity contribution in [3.05, 3.63) is 65.7 Å². The van der Waals surface area contributed by atoms with Crippen molar-refractivity contribution < 1.29 is 17.9 Å². The lowest BCUT2D eigenvalue weighted by atomic mass is 10.1. The van der Waals surface area contributed by atoms with E-state index in [9.17, 15) is 18.5 Å². The van der Waals surface area contributed by atoms with E-state index < -0.39 is 22.0 Å². The summed E-state index contributed by atoms with van der Waals surface area (Å²) >= 11 is 0. The van der Waals surface area contributed by atoms with E-state index in [1.54, 1.807) is 0 Å². The Labute approximate surface area is 164 Å². The van der Waals surface area contributed by atoms with E-state index in [1.807, 2.05) is 35.2 Å². The van der Waals surface area contributed by atoms with Gasteiger partial charge in [0.15, 0.2) is 0 Å². The number of esters is 1. The SMILES string of the molecule is COC(=O)c1ccc(S(=O)(=O)N2CCN([C@@H](C#N)c3ccccc3)CC2)cc1. The molecule has 0 spiro atoms. The van der Waals surface area contributed by atoms with E-state index in [0.717, 1.165) is 5.56 Å². The third-order valence-electron chi connectivity index (χ3n) is 4.79. The standard InChI is InChI=1S/C20H21N3O4S/c1-27-20(24)17-7-9-18(10-8-17)28(25,26)23-13-11-22(12-14-23)19(15-21)16-5-3-2-4-6-16/h2-10,19H,11-14H2,1H3/t19-/m0/s1. The summed E-state index contributed by atoms with van der Waals surface area (Å²) in [6, 6.07) is 17.1. The highest BCUT2D eigenvalue weighted by molar-refractivity contribution is 7.89. The lowest BCUT2D eigenvalue weighted by Crippen LogP contribution is -2.49. The van der Waals surface area contributed by atoms with E-state index in [0.29, 0.717) is 31.7 Å². The molecule has 1 fully saturated rings. The number of hydrogen-bond acceptors (Lipinski definition) is 6. The summed E-state index contributed by atoms with van der Waals surface area (Å²) in [6.45, 7) is 1.53. The number of sulfonamides is 1. The van der Waals surface area contributed by atoms with Gasteiger partial charge in [-0.15, -0.1) is 0 Å². The number of ether oxygens (including phenoxy) is 1. The van der Waals surface area contributed by atoms with Gasteiger partial charge in [0.1, 0.15) is 6.04 Å². The second-order valence-corrected chi connectivity index (χ2v) is 8.34. The maximum Gasteiger partial charge on any atom is 0.337 e. The predicted molar refractivity (Wildman–Crippen MR) is 103 cm³/mol. The first kappa shape index (κ1) is 20.0. The maximum absolute atomic E-state index is 12.9. The molecule has 7 nitrogen and oxygen atoms in total. The number of carbonyl (C=O) groups excluding carboxylic acids is 1. The van der Waals surface area contributed by atoms with E-state index in [2.05, 4.69) is 10.8 Å². The molecule has 8 heteroatoms. The Morgan fingerprint density at radius 1 is 1.04 bits per heavy atom. The molecule has 1 atom stereocenters. The molecular formula is C20H21N3O4S. The highest BCUT2D eigenvalue weighted by Crippen LogP contribution is 2.24. The van der Waals surface area contributed by atoms with Crippen LogP contribution in [0.4, 0.5) is 0 Å². The van der Waals surface area contributed by atoms with E-state index in [4.69, 9.17) is 0 Å². The van der Waals surface area contributed by atoms with Gasteiger partial charge in [0.25, 0.3) is 0 Å². The lowest BCUT2D eigenvalue weighted by Gasteiger charge is -2.36. The van der Waals surface area contributed by atoms with Crippen molar-refractivity contribution >= 4 is 16.0 Å². The number of piperazine rings is 1. The van der Waals surface area contributed by atoms with Crippen LogP contribution in [0.25, 0.3) is 0 Å². The van der Waals surface area contributed by atoms with Crippen LogP contribution >= 0.6 is 0 Å².